The summed E-state index contributed by atoms with van der Waals surface area (Å²) in [6, 6.07) is 11.5. The second-order valence-corrected chi connectivity index (χ2v) is 9.01. The first kappa shape index (κ1) is 20.6. The van der Waals surface area contributed by atoms with E-state index in [1.165, 1.54) is 6.07 Å². The lowest BCUT2D eigenvalue weighted by atomic mass is 10.1. The Bertz CT molecular complexity index is 953. The van der Waals surface area contributed by atoms with Gasteiger partial charge in [0, 0.05) is 23.8 Å². The first-order valence-electron chi connectivity index (χ1n) is 9.09. The molecule has 0 spiro atoms. The highest BCUT2D eigenvalue weighted by Gasteiger charge is 2.21. The molecular weight excluding hydrogens is 400 g/mol. The molecule has 2 N–H and O–H groups in total. The largest absolute Gasteiger partial charge is 0.393 e. The molecule has 0 aliphatic carbocycles. The van der Waals surface area contributed by atoms with Crippen molar-refractivity contribution in [3.05, 3.63) is 58.6 Å². The standard InChI is InChI=1S/C20H23ClN2O4S/c1-14-18(21)3-2-4-19(14)28(26,27)22-16-7-5-15(6-8-16)13-20(25)23-11-9-17(24)10-12-23/h2-8,17,22,24H,9-13H2,1H3. The van der Waals surface area contributed by atoms with E-state index in [-0.39, 0.29) is 23.3 Å². The van der Waals surface area contributed by atoms with Crippen LogP contribution in [-0.4, -0.2) is 43.5 Å². The fourth-order valence-electron chi connectivity index (χ4n) is 3.18. The number of aliphatic hydroxyl groups excluding tert-OH is 1. The van der Waals surface area contributed by atoms with Crippen LogP contribution in [0, 0.1) is 6.92 Å². The minimum Gasteiger partial charge on any atom is -0.393 e. The number of carbonyl (C=O) groups excluding carboxylic acids is 1. The summed E-state index contributed by atoms with van der Waals surface area (Å²) in [6.45, 7) is 2.79. The molecule has 1 saturated heterocycles. The van der Waals surface area contributed by atoms with E-state index < -0.39 is 10.0 Å². The number of benzene rings is 2. The van der Waals surface area contributed by atoms with Gasteiger partial charge in [-0.15, -0.1) is 0 Å². The van der Waals surface area contributed by atoms with Crippen LogP contribution in [-0.2, 0) is 21.2 Å². The molecule has 0 saturated carbocycles. The number of amides is 1. The van der Waals surface area contributed by atoms with E-state index in [2.05, 4.69) is 4.72 Å². The zero-order chi connectivity index (χ0) is 20.3. The number of anilines is 1. The van der Waals surface area contributed by atoms with Gasteiger partial charge in [0.25, 0.3) is 10.0 Å². The predicted octanol–water partition coefficient (Wildman–Crippen LogP) is 2.98. The monoisotopic (exact) mass is 422 g/mol. The van der Waals surface area contributed by atoms with E-state index in [1.54, 1.807) is 48.2 Å². The Morgan fingerprint density at radius 3 is 2.46 bits per heavy atom. The maximum atomic E-state index is 12.6. The maximum absolute atomic E-state index is 12.6. The molecular formula is C20H23ClN2O4S. The van der Waals surface area contributed by atoms with Gasteiger partial charge in [0.15, 0.2) is 0 Å². The molecule has 1 aliphatic heterocycles. The van der Waals surface area contributed by atoms with Gasteiger partial charge in [-0.05, 0) is 55.2 Å². The van der Waals surface area contributed by atoms with E-state index in [0.717, 1.165) is 5.56 Å². The topological polar surface area (TPSA) is 86.7 Å². The van der Waals surface area contributed by atoms with Crippen molar-refractivity contribution in [2.45, 2.75) is 37.2 Å². The van der Waals surface area contributed by atoms with Crippen molar-refractivity contribution >= 4 is 33.2 Å². The number of aliphatic hydroxyl groups is 1. The van der Waals surface area contributed by atoms with Crippen molar-refractivity contribution in [3.63, 3.8) is 0 Å². The van der Waals surface area contributed by atoms with Crippen LogP contribution in [0.4, 0.5) is 5.69 Å². The molecule has 0 unspecified atom stereocenters. The SMILES string of the molecule is Cc1c(Cl)cccc1S(=O)(=O)Nc1ccc(CC(=O)N2CCC(O)CC2)cc1. The molecule has 0 bridgehead atoms. The third-order valence-corrected chi connectivity index (χ3v) is 6.82. The molecule has 1 aliphatic rings. The molecule has 2 aromatic carbocycles. The molecule has 28 heavy (non-hydrogen) atoms. The highest BCUT2D eigenvalue weighted by Crippen LogP contribution is 2.25. The first-order chi connectivity index (χ1) is 13.3. The van der Waals surface area contributed by atoms with Crippen LogP contribution in [0.5, 0.6) is 0 Å². The summed E-state index contributed by atoms with van der Waals surface area (Å²) in [7, 11) is -3.76. The molecule has 0 aromatic heterocycles. The lowest BCUT2D eigenvalue weighted by molar-refractivity contribution is -0.132. The second-order valence-electron chi connectivity index (χ2n) is 6.95. The highest BCUT2D eigenvalue weighted by atomic mass is 35.5. The van der Waals surface area contributed by atoms with Crippen molar-refractivity contribution in [1.29, 1.82) is 0 Å². The third-order valence-electron chi connectivity index (χ3n) is 4.89. The average molecular weight is 423 g/mol. The van der Waals surface area contributed by atoms with Crippen molar-refractivity contribution in [2.24, 2.45) is 0 Å². The van der Waals surface area contributed by atoms with E-state index in [0.29, 0.717) is 42.2 Å². The Kier molecular flexibility index (Phi) is 6.27. The fraction of sp³-hybridized carbons (Fsp3) is 0.350. The lowest BCUT2D eigenvalue weighted by Crippen LogP contribution is -2.40. The number of rotatable bonds is 5. The van der Waals surface area contributed by atoms with Gasteiger partial charge in [-0.3, -0.25) is 9.52 Å². The van der Waals surface area contributed by atoms with Crippen LogP contribution >= 0.6 is 11.6 Å². The summed E-state index contributed by atoms with van der Waals surface area (Å²) < 4.78 is 27.8. The predicted molar refractivity (Wildman–Crippen MR) is 109 cm³/mol. The number of piperidine rings is 1. The van der Waals surface area contributed by atoms with E-state index in [4.69, 9.17) is 11.6 Å². The average Bonchev–Trinajstić information content (AvgIpc) is 2.65. The highest BCUT2D eigenvalue weighted by molar-refractivity contribution is 7.92. The number of hydrogen-bond donors (Lipinski definition) is 2. The quantitative estimate of drug-likeness (QED) is 0.775. The van der Waals surface area contributed by atoms with Crippen LogP contribution in [0.2, 0.25) is 5.02 Å². The van der Waals surface area contributed by atoms with Crippen molar-refractivity contribution in [3.8, 4) is 0 Å². The summed E-state index contributed by atoms with van der Waals surface area (Å²) in [5, 5.41) is 9.93. The Morgan fingerprint density at radius 2 is 1.82 bits per heavy atom. The second kappa shape index (κ2) is 8.51. The Labute approximate surface area is 170 Å². The summed E-state index contributed by atoms with van der Waals surface area (Å²) in [6.07, 6.45) is 1.14. The zero-order valence-corrected chi connectivity index (χ0v) is 17.1. The minimum atomic E-state index is -3.76. The maximum Gasteiger partial charge on any atom is 0.262 e. The number of nitrogens with zero attached hydrogens (tertiary/aromatic N) is 1. The first-order valence-corrected chi connectivity index (χ1v) is 10.9. The molecule has 2 aromatic rings. The van der Waals surface area contributed by atoms with Crippen LogP contribution in [0.15, 0.2) is 47.4 Å². The molecule has 1 fully saturated rings. The van der Waals surface area contributed by atoms with Gasteiger partial charge in [-0.1, -0.05) is 29.8 Å². The van der Waals surface area contributed by atoms with Gasteiger partial charge in [0.05, 0.1) is 17.4 Å². The van der Waals surface area contributed by atoms with Crippen molar-refractivity contribution in [1.82, 2.24) is 4.90 Å². The molecule has 6 nitrogen and oxygen atoms in total. The molecule has 0 atom stereocenters. The van der Waals surface area contributed by atoms with E-state index in [9.17, 15) is 18.3 Å². The summed E-state index contributed by atoms with van der Waals surface area (Å²) in [4.78, 5) is 14.2. The van der Waals surface area contributed by atoms with Crippen molar-refractivity contribution in [2.75, 3.05) is 17.8 Å². The summed E-state index contributed by atoms with van der Waals surface area (Å²) >= 11 is 6.02. The van der Waals surface area contributed by atoms with Crippen LogP contribution < -0.4 is 4.72 Å². The molecule has 0 radical (unpaired) electrons. The Morgan fingerprint density at radius 1 is 1.18 bits per heavy atom. The normalized spacial score (nSPS) is 15.5. The van der Waals surface area contributed by atoms with Gasteiger partial charge in [0.2, 0.25) is 5.91 Å². The third kappa shape index (κ3) is 4.84. The van der Waals surface area contributed by atoms with Gasteiger partial charge in [-0.2, -0.15) is 0 Å². The smallest absolute Gasteiger partial charge is 0.262 e. The Balaban J connectivity index is 1.66. The van der Waals surface area contributed by atoms with Crippen LogP contribution in [0.25, 0.3) is 0 Å². The number of nitrogens with one attached hydrogen (secondary N) is 1. The van der Waals surface area contributed by atoms with Crippen LogP contribution in [0.1, 0.15) is 24.0 Å². The molecule has 3 rings (SSSR count). The lowest BCUT2D eigenvalue weighted by Gasteiger charge is -2.29. The van der Waals surface area contributed by atoms with Crippen molar-refractivity contribution < 1.29 is 18.3 Å². The molecule has 8 heteroatoms. The fourth-order valence-corrected chi connectivity index (χ4v) is 4.74. The Hall–Kier alpha value is -2.09. The molecule has 1 heterocycles. The number of hydrogen-bond acceptors (Lipinski definition) is 4. The van der Waals surface area contributed by atoms with Gasteiger partial charge in [0.1, 0.15) is 0 Å². The summed E-state index contributed by atoms with van der Waals surface area (Å²) in [5.41, 5.74) is 1.71. The van der Waals surface area contributed by atoms with E-state index >= 15 is 0 Å². The van der Waals surface area contributed by atoms with E-state index in [1.807, 2.05) is 0 Å². The summed E-state index contributed by atoms with van der Waals surface area (Å²) in [5.74, 6) is 0.00906. The molecule has 150 valence electrons. The minimum absolute atomic E-state index is 0.00906. The van der Waals surface area contributed by atoms with Crippen LogP contribution in [0.3, 0.4) is 0 Å². The molecule has 1 amide bonds. The zero-order valence-electron chi connectivity index (χ0n) is 15.6. The van der Waals surface area contributed by atoms with Gasteiger partial charge in [-0.25, -0.2) is 8.42 Å². The number of sulfonamides is 1. The van der Waals surface area contributed by atoms with Gasteiger partial charge >= 0.3 is 0 Å². The van der Waals surface area contributed by atoms with Gasteiger partial charge < -0.3 is 10.0 Å². The number of likely N-dealkylation sites (tertiary alicyclic amines) is 1. The number of halogens is 1. The number of carbonyl (C=O) groups is 1.